The second-order valence-electron chi connectivity index (χ2n) is 19.3. The molecule has 322 valence electrons. The van der Waals surface area contributed by atoms with Crippen LogP contribution in [0, 0.1) is 47.3 Å². The van der Waals surface area contributed by atoms with Crippen LogP contribution in [0.5, 0.6) is 11.5 Å². The Balaban J connectivity index is 0.991. The summed E-state index contributed by atoms with van der Waals surface area (Å²) in [6.45, 7) is 13.0. The lowest BCUT2D eigenvalue weighted by Gasteiger charge is -2.61. The van der Waals surface area contributed by atoms with E-state index >= 15 is 0 Å². The van der Waals surface area contributed by atoms with E-state index in [1.807, 2.05) is 26.0 Å². The van der Waals surface area contributed by atoms with Crippen molar-refractivity contribution < 1.29 is 56.7 Å². The highest BCUT2D eigenvalue weighted by Crippen LogP contribution is 2.63. The van der Waals surface area contributed by atoms with E-state index in [4.69, 9.17) is 57.3 Å². The molecule has 2 saturated carbocycles. The summed E-state index contributed by atoms with van der Waals surface area (Å²) in [6, 6.07) is 17.7. The molecule has 12 rings (SSSR count). The molecule has 2 aromatic rings. The molecular formula is C45H60NO12P. The van der Waals surface area contributed by atoms with Gasteiger partial charge in [-0.1, -0.05) is 69.2 Å². The number of hydrogen-bond acceptors (Lipinski definition) is 13. The third-order valence-corrected chi connectivity index (χ3v) is 16.8. The number of phosphoric ester groups is 1. The van der Waals surface area contributed by atoms with Gasteiger partial charge in [0.25, 0.3) is 0 Å². The van der Waals surface area contributed by atoms with Crippen LogP contribution in [0.15, 0.2) is 65.8 Å². The maximum Gasteiger partial charge on any atom is 0.668 e. The number of ether oxygens (including phenoxy) is 4. The van der Waals surface area contributed by atoms with Gasteiger partial charge < -0.3 is 28.0 Å². The van der Waals surface area contributed by atoms with Gasteiger partial charge in [0.05, 0.1) is 17.9 Å². The molecule has 8 saturated heterocycles. The molecule has 13 nitrogen and oxygen atoms in total. The van der Waals surface area contributed by atoms with Crippen molar-refractivity contribution in [1.29, 1.82) is 0 Å². The van der Waals surface area contributed by atoms with E-state index < -0.39 is 43.2 Å². The lowest BCUT2D eigenvalue weighted by atomic mass is 9.57. The lowest BCUT2D eigenvalue weighted by molar-refractivity contribution is -0.571. The van der Waals surface area contributed by atoms with Crippen LogP contribution in [-0.4, -0.2) is 53.3 Å². The number of benzene rings is 2. The van der Waals surface area contributed by atoms with Crippen LogP contribution in [0.3, 0.4) is 0 Å². The number of hydrogen-bond donors (Lipinski definition) is 0. The molecule has 10 fully saturated rings. The first-order valence-corrected chi connectivity index (χ1v) is 23.5. The van der Waals surface area contributed by atoms with Crippen LogP contribution in [0.25, 0.3) is 0 Å². The monoisotopic (exact) mass is 837 g/mol. The van der Waals surface area contributed by atoms with E-state index in [9.17, 15) is 4.57 Å². The highest BCUT2D eigenvalue weighted by atomic mass is 31.2. The molecule has 0 N–H and O–H groups in total. The Hall–Kier alpha value is -2.58. The van der Waals surface area contributed by atoms with Gasteiger partial charge in [-0.05, 0) is 112 Å². The second-order valence-corrected chi connectivity index (χ2v) is 20.7. The minimum atomic E-state index is -4.39. The van der Waals surface area contributed by atoms with Gasteiger partial charge in [-0.2, -0.15) is 4.57 Å². The molecule has 0 amide bonds. The molecule has 2 aromatic carbocycles. The molecule has 10 aliphatic rings. The molecule has 0 unspecified atom stereocenters. The fourth-order valence-electron chi connectivity index (χ4n) is 12.4. The van der Waals surface area contributed by atoms with E-state index in [1.165, 1.54) is 0 Å². The zero-order valence-corrected chi connectivity index (χ0v) is 36.0. The molecule has 14 heteroatoms. The highest BCUT2D eigenvalue weighted by Gasteiger charge is 2.71. The van der Waals surface area contributed by atoms with Gasteiger partial charge >= 0.3 is 7.82 Å². The van der Waals surface area contributed by atoms with Gasteiger partial charge in [0.1, 0.15) is 11.5 Å². The van der Waals surface area contributed by atoms with Crippen LogP contribution in [0.2, 0.25) is 0 Å². The first kappa shape index (κ1) is 40.5. The molecule has 0 aromatic heterocycles. The number of phosphoric acid groups is 1. The molecule has 2 spiro atoms. The summed E-state index contributed by atoms with van der Waals surface area (Å²) in [5.41, 5.74) is -0.818. The number of para-hydroxylation sites is 2. The Morgan fingerprint density at radius 2 is 1.07 bits per heavy atom. The third-order valence-electron chi connectivity index (χ3n) is 15.7. The molecule has 0 radical (unpaired) electrons. The van der Waals surface area contributed by atoms with E-state index in [1.54, 1.807) is 48.5 Å². The summed E-state index contributed by atoms with van der Waals surface area (Å²) >= 11 is 0. The zero-order valence-electron chi connectivity index (χ0n) is 35.1. The average molecular weight is 838 g/mol. The highest BCUT2D eigenvalue weighted by molar-refractivity contribution is 7.49. The minimum Gasteiger partial charge on any atom is -0.385 e. The molecule has 59 heavy (non-hydrogen) atoms. The minimum absolute atomic E-state index is 0.0361. The predicted octanol–water partition coefficient (Wildman–Crippen LogP) is 9.91. The number of oxime groups is 1. The summed E-state index contributed by atoms with van der Waals surface area (Å²) in [6.07, 6.45) is 6.21. The average Bonchev–Trinajstić information content (AvgIpc) is 3.59. The normalized spacial score (nSPS) is 45.9. The number of rotatable bonds is 10. The summed E-state index contributed by atoms with van der Waals surface area (Å²) < 4.78 is 60.3. The number of nitrogens with zero attached hydrogens (tertiary/aromatic N) is 1. The van der Waals surface area contributed by atoms with E-state index in [-0.39, 0.29) is 47.7 Å². The first-order chi connectivity index (χ1) is 28.3. The van der Waals surface area contributed by atoms with Crippen LogP contribution in [0.1, 0.15) is 106 Å². The van der Waals surface area contributed by atoms with Gasteiger partial charge in [-0.3, -0.25) is 4.62 Å². The van der Waals surface area contributed by atoms with Gasteiger partial charge in [0.2, 0.25) is 11.6 Å². The Morgan fingerprint density at radius 1 is 0.627 bits per heavy atom. The van der Waals surface area contributed by atoms with Crippen LogP contribution in [-0.2, 0) is 47.7 Å². The van der Waals surface area contributed by atoms with Crippen LogP contribution in [0.4, 0.5) is 0 Å². The lowest BCUT2D eigenvalue weighted by Crippen LogP contribution is -2.70. The molecule has 4 bridgehead atoms. The fraction of sp³-hybridized carbons (Fsp3) is 0.711. The van der Waals surface area contributed by atoms with Crippen molar-refractivity contribution in [3.63, 3.8) is 0 Å². The smallest absolute Gasteiger partial charge is 0.385 e. The Morgan fingerprint density at radius 3 is 1.51 bits per heavy atom. The molecule has 8 heterocycles. The number of fused-ring (bicyclic) bond motifs is 4. The standard InChI is InChI=1S/C45H60NO12P/c1-27-17-19-36-29(3)38(48-40-44(36)34(27)21-23-42(5,50-40)54-56-44)25-31(46-58-59(47,52-32-13-9-7-10-14-32)53-33-15-11-8-12-16-33)26-39-30(4)37-20-18-28(2)35-22-24-43(6)51-41(49-39)45(35,37)57-55-43/h7-16,27-30,34-41H,17-26H2,1-6H3/t27-,28-,29-,30-,34+,35+,36+,37+,38-,39-,40-,41-,42+,43+,44-,45-/m1/s1. The van der Waals surface area contributed by atoms with Gasteiger partial charge in [-0.25, -0.2) is 19.6 Å². The van der Waals surface area contributed by atoms with E-state index in [0.717, 1.165) is 51.4 Å². The Labute approximate surface area is 347 Å². The first-order valence-electron chi connectivity index (χ1n) is 22.1. The fourth-order valence-corrected chi connectivity index (χ4v) is 13.5. The molecular weight excluding hydrogens is 777 g/mol. The Bertz CT molecular complexity index is 1800. The van der Waals surface area contributed by atoms with Gasteiger partial charge in [-0.15, -0.1) is 0 Å². The van der Waals surface area contributed by atoms with Crippen molar-refractivity contribution in [2.24, 2.45) is 52.5 Å². The maximum atomic E-state index is 14.7. The summed E-state index contributed by atoms with van der Waals surface area (Å²) in [5.74, 6) is 0.489. The van der Waals surface area contributed by atoms with Gasteiger partial charge in [0, 0.05) is 37.5 Å². The summed E-state index contributed by atoms with van der Waals surface area (Å²) in [5, 5.41) is 4.74. The van der Waals surface area contributed by atoms with Crippen LogP contribution < -0.4 is 9.05 Å². The van der Waals surface area contributed by atoms with Crippen molar-refractivity contribution in [3.8, 4) is 11.5 Å². The Kier molecular flexibility index (Phi) is 10.3. The van der Waals surface area contributed by atoms with Crippen molar-refractivity contribution in [2.75, 3.05) is 0 Å². The second kappa shape index (κ2) is 15.1. The zero-order chi connectivity index (χ0) is 40.8. The van der Waals surface area contributed by atoms with Crippen molar-refractivity contribution in [1.82, 2.24) is 0 Å². The van der Waals surface area contributed by atoms with E-state index in [2.05, 4.69) is 27.7 Å². The third kappa shape index (κ3) is 6.90. The van der Waals surface area contributed by atoms with Crippen LogP contribution >= 0.6 is 7.82 Å². The summed E-state index contributed by atoms with van der Waals surface area (Å²) in [7, 11) is -4.39. The van der Waals surface area contributed by atoms with Crippen molar-refractivity contribution >= 4 is 13.5 Å². The van der Waals surface area contributed by atoms with E-state index in [0.29, 0.717) is 41.9 Å². The predicted molar refractivity (Wildman–Crippen MR) is 213 cm³/mol. The SMILES string of the molecule is C[C@H]1[C@@H](CC(C[C@H]2O[C@@H]3O[C@]4(C)CC[C@H]5[C@H](C)CC[C@@H]([C@H]2C)[C@@]35OO4)=NOP(=O)(Oc2ccccc2)Oc2ccccc2)O[C@@H]2O[C@]3(C)CC[C@H]4[C@H](C)CC[C@@H]1[C@@]24OO3. The van der Waals surface area contributed by atoms with Crippen molar-refractivity contribution in [2.45, 2.75) is 153 Å². The topological polar surface area (TPSA) is 131 Å². The van der Waals surface area contributed by atoms with Gasteiger partial charge in [0.15, 0.2) is 23.8 Å². The largest absolute Gasteiger partial charge is 0.668 e. The quantitative estimate of drug-likeness (QED) is 0.0977. The molecule has 8 aliphatic heterocycles. The maximum absolute atomic E-state index is 14.7. The summed E-state index contributed by atoms with van der Waals surface area (Å²) in [4.78, 5) is 25.1. The molecule has 2 aliphatic carbocycles. The molecule has 16 atom stereocenters. The van der Waals surface area contributed by atoms with Crippen molar-refractivity contribution in [3.05, 3.63) is 60.7 Å².